The molecule has 0 aliphatic heterocycles. The van der Waals surface area contributed by atoms with Crippen molar-refractivity contribution < 1.29 is 14.6 Å². The van der Waals surface area contributed by atoms with Crippen molar-refractivity contribution in [3.63, 3.8) is 0 Å². The molecule has 0 fully saturated rings. The third kappa shape index (κ3) is 4.01. The van der Waals surface area contributed by atoms with Gasteiger partial charge in [-0.25, -0.2) is 0 Å². The Bertz CT molecular complexity index is 711. The molecule has 2 aromatic rings. The first-order valence-corrected chi connectivity index (χ1v) is 7.08. The van der Waals surface area contributed by atoms with Crippen LogP contribution >= 0.6 is 12.2 Å². The van der Waals surface area contributed by atoms with E-state index in [2.05, 4.69) is 25.3 Å². The Morgan fingerprint density at radius 3 is 3.00 bits per heavy atom. The van der Waals surface area contributed by atoms with Crippen molar-refractivity contribution in [2.45, 2.75) is 12.8 Å². The van der Waals surface area contributed by atoms with Gasteiger partial charge in [-0.05, 0) is 24.7 Å². The third-order valence-corrected chi connectivity index (χ3v) is 3.19. The van der Waals surface area contributed by atoms with Gasteiger partial charge in [-0.15, -0.1) is 10.2 Å². The number of azo groups is 1. The predicted molar refractivity (Wildman–Crippen MR) is 86.3 cm³/mol. The van der Waals surface area contributed by atoms with Gasteiger partial charge in [0.1, 0.15) is 0 Å². The molecule has 0 amide bonds. The molecule has 1 heterocycles. The molecule has 0 bridgehead atoms. The summed E-state index contributed by atoms with van der Waals surface area (Å²) in [7, 11) is 1.35. The Morgan fingerprint density at radius 1 is 1.45 bits per heavy atom. The Hall–Kier alpha value is -2.48. The zero-order valence-electron chi connectivity index (χ0n) is 12.0. The van der Waals surface area contributed by atoms with Crippen molar-refractivity contribution in [1.82, 2.24) is 10.3 Å². The number of benzene rings is 1. The van der Waals surface area contributed by atoms with Gasteiger partial charge in [-0.2, -0.15) is 0 Å². The summed E-state index contributed by atoms with van der Waals surface area (Å²) in [5.74, 6) is -0.323. The Morgan fingerprint density at radius 2 is 2.23 bits per heavy atom. The molecule has 8 heteroatoms. The van der Waals surface area contributed by atoms with Crippen LogP contribution in [0.4, 0.5) is 5.69 Å². The molecule has 0 radical (unpaired) electrons. The summed E-state index contributed by atoms with van der Waals surface area (Å²) in [6, 6.07) is 7.36. The molecule has 0 spiro atoms. The maximum absolute atomic E-state index is 10.9. The number of thiocarbonyl (C=S) groups is 1. The second kappa shape index (κ2) is 7.51. The van der Waals surface area contributed by atoms with E-state index in [1.165, 1.54) is 7.11 Å². The Kier molecular flexibility index (Phi) is 5.42. The van der Waals surface area contributed by atoms with E-state index < -0.39 is 0 Å². The molecule has 0 unspecified atom stereocenters. The lowest BCUT2D eigenvalue weighted by Crippen LogP contribution is -2.21. The molecule has 1 aromatic carbocycles. The largest absolute Gasteiger partial charge is 0.493 e. The first kappa shape index (κ1) is 15.9. The highest BCUT2D eigenvalue weighted by Crippen LogP contribution is 2.35. The number of aromatic hydroxyl groups is 1. The SMILES string of the molecule is COC(=O)CCCNC(=S)N=Nc1c(O)[nH]c2ccccc12. The van der Waals surface area contributed by atoms with Gasteiger partial charge in [0.2, 0.25) is 11.0 Å². The highest BCUT2D eigenvalue weighted by molar-refractivity contribution is 7.80. The first-order valence-electron chi connectivity index (χ1n) is 6.68. The molecule has 0 atom stereocenters. The average molecular weight is 320 g/mol. The van der Waals surface area contributed by atoms with Gasteiger partial charge in [-0.1, -0.05) is 18.2 Å². The lowest BCUT2D eigenvalue weighted by molar-refractivity contribution is -0.140. The summed E-state index contributed by atoms with van der Waals surface area (Å²) in [5, 5.41) is 21.5. The second-order valence-corrected chi connectivity index (χ2v) is 4.87. The third-order valence-electron chi connectivity index (χ3n) is 2.96. The molecule has 0 saturated carbocycles. The molecule has 0 aliphatic carbocycles. The topological polar surface area (TPSA) is 99.1 Å². The Balaban J connectivity index is 1.92. The molecule has 0 saturated heterocycles. The number of esters is 1. The number of rotatable bonds is 5. The number of nitrogens with zero attached hydrogens (tertiary/aromatic N) is 2. The molecule has 2 rings (SSSR count). The van der Waals surface area contributed by atoms with E-state index in [1.807, 2.05) is 24.3 Å². The van der Waals surface area contributed by atoms with E-state index in [0.717, 1.165) is 10.9 Å². The number of nitrogens with one attached hydrogen (secondary N) is 2. The van der Waals surface area contributed by atoms with Gasteiger partial charge in [0, 0.05) is 18.4 Å². The minimum absolute atomic E-state index is 0.0570. The maximum atomic E-state index is 10.9. The van der Waals surface area contributed by atoms with Gasteiger partial charge in [0.05, 0.1) is 12.6 Å². The number of carbonyl (C=O) groups is 1. The molecule has 1 aromatic heterocycles. The van der Waals surface area contributed by atoms with Crippen LogP contribution in [0, 0.1) is 0 Å². The van der Waals surface area contributed by atoms with Crippen LogP contribution in [0.25, 0.3) is 10.9 Å². The highest BCUT2D eigenvalue weighted by atomic mass is 32.1. The number of carbonyl (C=O) groups excluding carboxylic acids is 1. The zero-order chi connectivity index (χ0) is 15.9. The zero-order valence-corrected chi connectivity index (χ0v) is 12.8. The van der Waals surface area contributed by atoms with Crippen LogP contribution in [-0.4, -0.2) is 34.8 Å². The van der Waals surface area contributed by atoms with E-state index in [-0.39, 0.29) is 17.0 Å². The van der Waals surface area contributed by atoms with Crippen LogP contribution in [0.5, 0.6) is 5.88 Å². The molecule has 0 aliphatic rings. The number of ether oxygens (including phenoxy) is 1. The van der Waals surface area contributed by atoms with E-state index in [1.54, 1.807) is 0 Å². The van der Waals surface area contributed by atoms with E-state index in [9.17, 15) is 9.90 Å². The minimum atomic E-state index is -0.266. The summed E-state index contributed by atoms with van der Waals surface area (Å²) < 4.78 is 4.54. The van der Waals surface area contributed by atoms with Crippen LogP contribution in [0.2, 0.25) is 0 Å². The van der Waals surface area contributed by atoms with Gasteiger partial charge >= 0.3 is 5.97 Å². The summed E-state index contributed by atoms with van der Waals surface area (Å²) in [4.78, 5) is 13.8. The monoisotopic (exact) mass is 320 g/mol. The summed E-state index contributed by atoms with van der Waals surface area (Å²) in [6.07, 6.45) is 0.896. The van der Waals surface area contributed by atoms with Crippen LogP contribution in [-0.2, 0) is 9.53 Å². The van der Waals surface area contributed by atoms with Crippen LogP contribution in [0.1, 0.15) is 12.8 Å². The molecule has 22 heavy (non-hydrogen) atoms. The fraction of sp³-hybridized carbons (Fsp3) is 0.286. The quantitative estimate of drug-likeness (QED) is 0.340. The Labute approximate surface area is 132 Å². The van der Waals surface area contributed by atoms with Crippen molar-refractivity contribution in [2.24, 2.45) is 10.2 Å². The van der Waals surface area contributed by atoms with Crippen molar-refractivity contribution >= 4 is 39.9 Å². The number of hydrogen-bond donors (Lipinski definition) is 3. The van der Waals surface area contributed by atoms with Crippen LogP contribution in [0.15, 0.2) is 34.5 Å². The lowest BCUT2D eigenvalue weighted by Gasteiger charge is -2.02. The van der Waals surface area contributed by atoms with Gasteiger partial charge in [0.25, 0.3) is 0 Å². The molecular formula is C14H16N4O3S. The van der Waals surface area contributed by atoms with Crippen LogP contribution in [0.3, 0.4) is 0 Å². The maximum Gasteiger partial charge on any atom is 0.305 e. The molecular weight excluding hydrogens is 304 g/mol. The average Bonchev–Trinajstić information content (AvgIpc) is 2.84. The van der Waals surface area contributed by atoms with Crippen molar-refractivity contribution in [3.05, 3.63) is 24.3 Å². The van der Waals surface area contributed by atoms with Crippen molar-refractivity contribution in [3.8, 4) is 5.88 Å². The number of methoxy groups -OCH3 is 1. The van der Waals surface area contributed by atoms with Gasteiger partial charge in [-0.3, -0.25) is 4.79 Å². The molecule has 3 N–H and O–H groups in total. The number of H-pyrrole nitrogens is 1. The predicted octanol–water partition coefficient (Wildman–Crippen LogP) is 2.78. The number of aromatic nitrogens is 1. The smallest absolute Gasteiger partial charge is 0.305 e. The lowest BCUT2D eigenvalue weighted by atomic mass is 10.2. The number of aromatic amines is 1. The number of hydrogen-bond acceptors (Lipinski definition) is 5. The first-order chi connectivity index (χ1) is 10.6. The van der Waals surface area contributed by atoms with E-state index in [4.69, 9.17) is 12.2 Å². The minimum Gasteiger partial charge on any atom is -0.493 e. The van der Waals surface area contributed by atoms with Crippen molar-refractivity contribution in [2.75, 3.05) is 13.7 Å². The highest BCUT2D eigenvalue weighted by Gasteiger charge is 2.09. The summed E-state index contributed by atoms with van der Waals surface area (Å²) in [6.45, 7) is 0.493. The number of para-hydroxylation sites is 1. The van der Waals surface area contributed by atoms with Crippen LogP contribution < -0.4 is 5.32 Å². The molecule has 116 valence electrons. The van der Waals surface area contributed by atoms with E-state index in [0.29, 0.717) is 25.1 Å². The van der Waals surface area contributed by atoms with Gasteiger partial charge < -0.3 is 20.1 Å². The summed E-state index contributed by atoms with van der Waals surface area (Å²) >= 11 is 5.02. The summed E-state index contributed by atoms with van der Waals surface area (Å²) in [5.41, 5.74) is 1.11. The second-order valence-electron chi connectivity index (χ2n) is 4.48. The standard InChI is InChI=1S/C14H16N4O3S/c1-21-11(19)7-4-8-15-14(22)18-17-12-9-5-2-3-6-10(9)16-13(12)20/h2-3,5-6,16,20H,4,7-8H2,1H3,(H,15,22). The number of fused-ring (bicyclic) bond motifs is 1. The normalized spacial score (nSPS) is 11.0. The molecule has 7 nitrogen and oxygen atoms in total. The fourth-order valence-electron chi connectivity index (χ4n) is 1.88. The van der Waals surface area contributed by atoms with Gasteiger partial charge in [0.15, 0.2) is 5.69 Å². The van der Waals surface area contributed by atoms with E-state index >= 15 is 0 Å². The van der Waals surface area contributed by atoms with Crippen molar-refractivity contribution in [1.29, 1.82) is 0 Å². The fourth-order valence-corrected chi connectivity index (χ4v) is 2.02.